The summed E-state index contributed by atoms with van der Waals surface area (Å²) in [5, 5.41) is 3.37. The van der Waals surface area contributed by atoms with Gasteiger partial charge in [0.2, 0.25) is 5.95 Å². The van der Waals surface area contributed by atoms with Gasteiger partial charge in [-0.25, -0.2) is 4.98 Å². The molecule has 0 aliphatic rings. The van der Waals surface area contributed by atoms with Gasteiger partial charge in [-0.15, -0.1) is 0 Å². The Morgan fingerprint density at radius 1 is 1.29 bits per heavy atom. The van der Waals surface area contributed by atoms with E-state index in [2.05, 4.69) is 34.9 Å². The lowest BCUT2D eigenvalue weighted by atomic mass is 10.4. The van der Waals surface area contributed by atoms with Crippen molar-refractivity contribution in [2.75, 3.05) is 25.1 Å². The number of imidazole rings is 1. The van der Waals surface area contributed by atoms with Crippen LogP contribution in [0.5, 0.6) is 0 Å². The first-order valence-corrected chi connectivity index (χ1v) is 6.63. The van der Waals surface area contributed by atoms with Gasteiger partial charge in [-0.1, -0.05) is 13.8 Å². The topological polar surface area (TPSA) is 39.1 Å². The Balaban J connectivity index is 2.25. The molecule has 1 heterocycles. The standard InChI is InChI=1S/C13H25N3O/c1-4-8-16-11-12(3)15-13(16)14-7-6-10-17-9-5-2/h11H,4-10H2,1-3H3,(H,14,15). The number of aromatic nitrogens is 2. The molecular weight excluding hydrogens is 214 g/mol. The van der Waals surface area contributed by atoms with Gasteiger partial charge in [0.05, 0.1) is 5.69 Å². The third-order valence-corrected chi connectivity index (χ3v) is 2.46. The Morgan fingerprint density at radius 3 is 2.82 bits per heavy atom. The number of nitrogens with zero attached hydrogens (tertiary/aromatic N) is 2. The Labute approximate surface area is 104 Å². The molecule has 0 fully saturated rings. The minimum Gasteiger partial charge on any atom is -0.381 e. The van der Waals surface area contributed by atoms with E-state index in [0.717, 1.165) is 57.2 Å². The Bertz CT molecular complexity index is 310. The molecule has 0 saturated carbocycles. The number of hydrogen-bond acceptors (Lipinski definition) is 3. The van der Waals surface area contributed by atoms with Gasteiger partial charge in [-0.2, -0.15) is 0 Å². The number of aryl methyl sites for hydroxylation is 2. The van der Waals surface area contributed by atoms with E-state index in [1.165, 1.54) is 0 Å². The number of rotatable bonds is 9. The monoisotopic (exact) mass is 239 g/mol. The average molecular weight is 239 g/mol. The summed E-state index contributed by atoms with van der Waals surface area (Å²) in [7, 11) is 0. The third-order valence-electron chi connectivity index (χ3n) is 2.46. The van der Waals surface area contributed by atoms with Crippen molar-refractivity contribution < 1.29 is 4.74 Å². The molecule has 1 rings (SSSR count). The zero-order chi connectivity index (χ0) is 12.5. The molecule has 98 valence electrons. The van der Waals surface area contributed by atoms with Crippen molar-refractivity contribution in [2.45, 2.75) is 46.6 Å². The molecule has 0 saturated heterocycles. The van der Waals surface area contributed by atoms with Gasteiger partial charge in [-0.05, 0) is 26.2 Å². The molecule has 0 aliphatic carbocycles. The molecule has 17 heavy (non-hydrogen) atoms. The molecular formula is C13H25N3O. The van der Waals surface area contributed by atoms with E-state index < -0.39 is 0 Å². The fourth-order valence-corrected chi connectivity index (χ4v) is 1.72. The Morgan fingerprint density at radius 2 is 2.12 bits per heavy atom. The smallest absolute Gasteiger partial charge is 0.203 e. The van der Waals surface area contributed by atoms with Crippen molar-refractivity contribution in [3.05, 3.63) is 11.9 Å². The highest BCUT2D eigenvalue weighted by atomic mass is 16.5. The lowest BCUT2D eigenvalue weighted by molar-refractivity contribution is 0.134. The quantitative estimate of drug-likeness (QED) is 0.673. The predicted molar refractivity (Wildman–Crippen MR) is 71.5 cm³/mol. The van der Waals surface area contributed by atoms with Crippen molar-refractivity contribution in [1.29, 1.82) is 0 Å². The minimum atomic E-state index is 0.828. The number of hydrogen-bond donors (Lipinski definition) is 1. The maximum Gasteiger partial charge on any atom is 0.203 e. The van der Waals surface area contributed by atoms with Gasteiger partial charge in [-0.3, -0.25) is 0 Å². The number of anilines is 1. The largest absolute Gasteiger partial charge is 0.381 e. The molecule has 4 heteroatoms. The molecule has 0 unspecified atom stereocenters. The molecule has 1 aromatic heterocycles. The van der Waals surface area contributed by atoms with E-state index >= 15 is 0 Å². The highest BCUT2D eigenvalue weighted by molar-refractivity contribution is 5.28. The highest BCUT2D eigenvalue weighted by Crippen LogP contribution is 2.09. The first kappa shape index (κ1) is 14.0. The zero-order valence-electron chi connectivity index (χ0n) is 11.3. The molecule has 0 amide bonds. The van der Waals surface area contributed by atoms with Crippen molar-refractivity contribution in [1.82, 2.24) is 9.55 Å². The normalized spacial score (nSPS) is 10.8. The van der Waals surface area contributed by atoms with Gasteiger partial charge in [0.25, 0.3) is 0 Å². The van der Waals surface area contributed by atoms with Crippen LogP contribution in [0.15, 0.2) is 6.20 Å². The van der Waals surface area contributed by atoms with E-state index in [-0.39, 0.29) is 0 Å². The fourth-order valence-electron chi connectivity index (χ4n) is 1.72. The lowest BCUT2D eigenvalue weighted by Gasteiger charge is -2.08. The molecule has 0 aromatic carbocycles. The van der Waals surface area contributed by atoms with Crippen LogP contribution in [0.2, 0.25) is 0 Å². The molecule has 4 nitrogen and oxygen atoms in total. The van der Waals surface area contributed by atoms with Crippen LogP contribution in [0.1, 0.15) is 38.8 Å². The van der Waals surface area contributed by atoms with Gasteiger partial charge < -0.3 is 14.6 Å². The van der Waals surface area contributed by atoms with Crippen molar-refractivity contribution in [3.8, 4) is 0 Å². The summed E-state index contributed by atoms with van der Waals surface area (Å²) in [5.74, 6) is 0.986. The fraction of sp³-hybridized carbons (Fsp3) is 0.769. The summed E-state index contributed by atoms with van der Waals surface area (Å²) in [6, 6.07) is 0. The molecule has 0 atom stereocenters. The van der Waals surface area contributed by atoms with Crippen LogP contribution in [-0.2, 0) is 11.3 Å². The summed E-state index contributed by atoms with van der Waals surface area (Å²) in [6.07, 6.45) is 5.34. The third kappa shape index (κ3) is 5.22. The Kier molecular flexibility index (Phi) is 6.70. The van der Waals surface area contributed by atoms with E-state index in [9.17, 15) is 0 Å². The first-order chi connectivity index (χ1) is 8.27. The number of ether oxygens (including phenoxy) is 1. The summed E-state index contributed by atoms with van der Waals surface area (Å²) in [5.41, 5.74) is 1.07. The van der Waals surface area contributed by atoms with Gasteiger partial charge in [0, 0.05) is 32.5 Å². The van der Waals surface area contributed by atoms with Gasteiger partial charge in [0.15, 0.2) is 0 Å². The maximum atomic E-state index is 5.44. The van der Waals surface area contributed by atoms with E-state index in [1.807, 2.05) is 6.92 Å². The van der Waals surface area contributed by atoms with Crippen LogP contribution in [0.25, 0.3) is 0 Å². The molecule has 1 N–H and O–H groups in total. The second kappa shape index (κ2) is 8.12. The van der Waals surface area contributed by atoms with Gasteiger partial charge >= 0.3 is 0 Å². The average Bonchev–Trinajstić information content (AvgIpc) is 2.65. The molecule has 0 spiro atoms. The maximum absolute atomic E-state index is 5.44. The van der Waals surface area contributed by atoms with Crippen LogP contribution in [-0.4, -0.2) is 29.3 Å². The van der Waals surface area contributed by atoms with Crippen LogP contribution in [0.4, 0.5) is 5.95 Å². The molecule has 0 bridgehead atoms. The zero-order valence-corrected chi connectivity index (χ0v) is 11.3. The van der Waals surface area contributed by atoms with Crippen molar-refractivity contribution in [3.63, 3.8) is 0 Å². The predicted octanol–water partition coefficient (Wildman–Crippen LogP) is 2.83. The highest BCUT2D eigenvalue weighted by Gasteiger charge is 2.03. The molecule has 0 radical (unpaired) electrons. The van der Waals surface area contributed by atoms with Crippen molar-refractivity contribution in [2.24, 2.45) is 0 Å². The van der Waals surface area contributed by atoms with E-state index in [4.69, 9.17) is 4.74 Å². The molecule has 0 aliphatic heterocycles. The Hall–Kier alpha value is -1.03. The SMILES string of the molecule is CCCOCCCNc1nc(C)cn1CCC. The summed E-state index contributed by atoms with van der Waals surface area (Å²) in [4.78, 5) is 4.47. The lowest BCUT2D eigenvalue weighted by Crippen LogP contribution is -2.10. The van der Waals surface area contributed by atoms with Crippen LogP contribution < -0.4 is 5.32 Å². The molecule has 1 aromatic rings. The minimum absolute atomic E-state index is 0.828. The second-order valence-corrected chi connectivity index (χ2v) is 4.29. The van der Waals surface area contributed by atoms with E-state index in [0.29, 0.717) is 0 Å². The first-order valence-electron chi connectivity index (χ1n) is 6.63. The second-order valence-electron chi connectivity index (χ2n) is 4.29. The summed E-state index contributed by atoms with van der Waals surface area (Å²) >= 11 is 0. The van der Waals surface area contributed by atoms with Crippen LogP contribution in [0, 0.1) is 6.92 Å². The van der Waals surface area contributed by atoms with Crippen LogP contribution in [0.3, 0.4) is 0 Å². The van der Waals surface area contributed by atoms with Gasteiger partial charge in [0.1, 0.15) is 0 Å². The summed E-state index contributed by atoms with van der Waals surface area (Å²) < 4.78 is 7.62. The van der Waals surface area contributed by atoms with E-state index in [1.54, 1.807) is 0 Å². The van der Waals surface area contributed by atoms with Crippen molar-refractivity contribution >= 4 is 5.95 Å². The van der Waals surface area contributed by atoms with Crippen LogP contribution >= 0.6 is 0 Å². The summed E-state index contributed by atoms with van der Waals surface area (Å²) in [6.45, 7) is 9.97. The number of nitrogens with one attached hydrogen (secondary N) is 1.